The van der Waals surface area contributed by atoms with Gasteiger partial charge in [0, 0.05) is 34.5 Å². The van der Waals surface area contributed by atoms with E-state index in [9.17, 15) is 9.90 Å². The van der Waals surface area contributed by atoms with E-state index in [1.807, 2.05) is 30.3 Å². The number of likely N-dealkylation sites (tertiary alicyclic amines) is 1. The highest BCUT2D eigenvalue weighted by Crippen LogP contribution is 2.64. The summed E-state index contributed by atoms with van der Waals surface area (Å²) >= 11 is 0. The summed E-state index contributed by atoms with van der Waals surface area (Å²) in [5, 5.41) is 20.4. The Hall–Kier alpha value is -4.40. The molecule has 4 aromatic rings. The van der Waals surface area contributed by atoms with Crippen molar-refractivity contribution in [3.63, 3.8) is 0 Å². The average molecular weight is 579 g/mol. The molecule has 2 bridgehead atoms. The molecule has 2 aliphatic heterocycles. The average Bonchev–Trinajstić information content (AvgIpc) is 3.38. The third kappa shape index (κ3) is 4.36. The van der Waals surface area contributed by atoms with Crippen LogP contribution in [0.15, 0.2) is 85.1 Å². The molecular formula is C35H34N2O6. The van der Waals surface area contributed by atoms with Crippen LogP contribution in [0.5, 0.6) is 17.2 Å². The van der Waals surface area contributed by atoms with Gasteiger partial charge in [0.05, 0.1) is 18.2 Å². The third-order valence-electron chi connectivity index (χ3n) is 9.53. The fraction of sp³-hybridized carbons (Fsp3) is 0.314. The van der Waals surface area contributed by atoms with Crippen molar-refractivity contribution in [3.8, 4) is 17.2 Å². The van der Waals surface area contributed by atoms with Crippen LogP contribution < -0.4 is 14.2 Å². The molecule has 0 unspecified atom stereocenters. The monoisotopic (exact) mass is 578 g/mol. The highest BCUT2D eigenvalue weighted by atomic mass is 16.5. The maximum Gasteiger partial charge on any atom is 0.336 e. The Balaban J connectivity index is 0.000000193. The Kier molecular flexibility index (Phi) is 6.83. The predicted octanol–water partition coefficient (Wildman–Crippen LogP) is 5.01. The van der Waals surface area contributed by atoms with Crippen LogP contribution in [0.4, 0.5) is 0 Å². The van der Waals surface area contributed by atoms with Gasteiger partial charge >= 0.3 is 5.97 Å². The van der Waals surface area contributed by atoms with Crippen molar-refractivity contribution in [2.24, 2.45) is 5.92 Å². The lowest BCUT2D eigenvalue weighted by atomic mass is 9.53. The highest BCUT2D eigenvalue weighted by Gasteiger charge is 2.64. The van der Waals surface area contributed by atoms with Crippen LogP contribution in [0, 0.1) is 5.92 Å². The highest BCUT2D eigenvalue weighted by molar-refractivity contribution is 6.02. The van der Waals surface area contributed by atoms with Crippen molar-refractivity contribution in [1.82, 2.24) is 9.88 Å². The Morgan fingerprint density at radius 3 is 2.70 bits per heavy atom. The van der Waals surface area contributed by atoms with Gasteiger partial charge in [0.2, 0.25) is 5.75 Å². The molecule has 220 valence electrons. The van der Waals surface area contributed by atoms with E-state index in [-0.39, 0.29) is 11.5 Å². The molecule has 8 heteroatoms. The summed E-state index contributed by atoms with van der Waals surface area (Å²) in [6.45, 7) is 1.48. The third-order valence-corrected chi connectivity index (χ3v) is 9.53. The molecule has 3 aromatic carbocycles. The Labute approximate surface area is 250 Å². The van der Waals surface area contributed by atoms with E-state index in [1.165, 1.54) is 23.4 Å². The number of nitrogens with zero attached hydrogens (tertiary/aromatic N) is 2. The number of pyridine rings is 1. The van der Waals surface area contributed by atoms with Gasteiger partial charge in [-0.3, -0.25) is 4.98 Å². The van der Waals surface area contributed by atoms with Crippen LogP contribution in [0.3, 0.4) is 0 Å². The number of methoxy groups -OCH3 is 1. The topological polar surface area (TPSA) is 101 Å². The van der Waals surface area contributed by atoms with E-state index >= 15 is 0 Å². The quantitative estimate of drug-likeness (QED) is 0.319. The summed E-state index contributed by atoms with van der Waals surface area (Å²) in [6.07, 6.45) is 6.71. The summed E-state index contributed by atoms with van der Waals surface area (Å²) in [4.78, 5) is 17.3. The van der Waals surface area contributed by atoms with Crippen LogP contribution in [-0.2, 0) is 18.4 Å². The van der Waals surface area contributed by atoms with E-state index in [1.54, 1.807) is 25.3 Å². The number of piperidine rings is 1. The number of carboxylic acid groups (broad SMARTS) is 1. The first kappa shape index (κ1) is 27.4. The van der Waals surface area contributed by atoms with Crippen molar-refractivity contribution < 1.29 is 29.2 Å². The molecule has 1 aromatic heterocycles. The molecular weight excluding hydrogens is 544 g/mol. The standard InChI is InChI=1S/C25H27NO4.C10H7NO2/c1-26-11-10-25-17-8-9-19(27)24(25)30-23-21(25)16(12-18(17)26)13-20(22(23)28-2)29-14-15-6-4-3-5-7-15;12-10(13)8-5-6-11-9-4-2-1-3-7(8)9/h3-9,13,17-19,24,27H,10-12,14H2,1-2H3;1-6H,(H,12,13)/t17-,18+,19-,24-,25-;/m0./s1. The molecule has 0 amide bonds. The first-order valence-corrected chi connectivity index (χ1v) is 14.6. The van der Waals surface area contributed by atoms with Gasteiger partial charge in [-0.05, 0) is 55.8 Å². The van der Waals surface area contributed by atoms with Gasteiger partial charge in [0.1, 0.15) is 18.8 Å². The lowest BCUT2D eigenvalue weighted by Crippen LogP contribution is -2.64. The molecule has 3 heterocycles. The molecule has 4 aliphatic rings. The maximum atomic E-state index is 10.8. The van der Waals surface area contributed by atoms with E-state index in [0.717, 1.165) is 30.7 Å². The van der Waals surface area contributed by atoms with Crippen molar-refractivity contribution in [2.75, 3.05) is 20.7 Å². The Bertz CT molecular complexity index is 1720. The largest absolute Gasteiger partial charge is 0.490 e. The first-order valence-electron chi connectivity index (χ1n) is 14.6. The van der Waals surface area contributed by atoms with Gasteiger partial charge in [0.25, 0.3) is 0 Å². The second-order valence-electron chi connectivity index (χ2n) is 11.7. The second kappa shape index (κ2) is 10.7. The zero-order valence-corrected chi connectivity index (χ0v) is 24.1. The summed E-state index contributed by atoms with van der Waals surface area (Å²) in [5.74, 6) is 1.57. The number of rotatable bonds is 5. The van der Waals surface area contributed by atoms with Crippen molar-refractivity contribution >= 4 is 16.9 Å². The molecule has 0 radical (unpaired) electrons. The van der Waals surface area contributed by atoms with Crippen molar-refractivity contribution in [1.29, 1.82) is 0 Å². The van der Waals surface area contributed by atoms with E-state index in [2.05, 4.69) is 41.2 Å². The molecule has 2 N–H and O–H groups in total. The smallest absolute Gasteiger partial charge is 0.336 e. The number of likely N-dealkylation sites (N-methyl/N-ethyl adjacent to an activating group) is 1. The van der Waals surface area contributed by atoms with E-state index < -0.39 is 12.1 Å². The number of para-hydroxylation sites is 1. The number of hydrogen-bond acceptors (Lipinski definition) is 7. The molecule has 8 nitrogen and oxygen atoms in total. The number of aliphatic hydroxyl groups is 1. The molecule has 1 saturated heterocycles. The lowest BCUT2D eigenvalue weighted by molar-refractivity contribution is -0.0453. The Morgan fingerprint density at radius 1 is 1.12 bits per heavy atom. The minimum Gasteiger partial charge on any atom is -0.490 e. The number of carboxylic acids is 1. The lowest BCUT2D eigenvalue weighted by Gasteiger charge is -2.56. The number of carbonyl (C=O) groups is 1. The normalized spacial score (nSPS) is 26.1. The molecule has 8 rings (SSSR count). The van der Waals surface area contributed by atoms with Gasteiger partial charge in [-0.1, -0.05) is 60.7 Å². The number of aromatic nitrogens is 1. The molecule has 0 saturated carbocycles. The molecule has 1 spiro atoms. The molecule has 43 heavy (non-hydrogen) atoms. The number of hydrogen-bond donors (Lipinski definition) is 2. The van der Waals surface area contributed by atoms with Gasteiger partial charge in [0.15, 0.2) is 11.5 Å². The van der Waals surface area contributed by atoms with Gasteiger partial charge in [-0.15, -0.1) is 0 Å². The van der Waals surface area contributed by atoms with Crippen LogP contribution in [0.2, 0.25) is 0 Å². The number of aromatic carboxylic acids is 1. The zero-order chi connectivity index (χ0) is 29.7. The van der Waals surface area contributed by atoms with Crippen molar-refractivity contribution in [2.45, 2.75) is 43.1 Å². The van der Waals surface area contributed by atoms with Crippen LogP contribution >= 0.6 is 0 Å². The van der Waals surface area contributed by atoms with Crippen LogP contribution in [0.25, 0.3) is 10.9 Å². The molecule has 2 aliphatic carbocycles. The number of fused-ring (bicyclic) bond motifs is 1. The zero-order valence-electron chi connectivity index (χ0n) is 24.1. The van der Waals surface area contributed by atoms with Crippen molar-refractivity contribution in [3.05, 3.63) is 107 Å². The first-order chi connectivity index (χ1) is 20.9. The fourth-order valence-corrected chi connectivity index (χ4v) is 7.60. The minimum atomic E-state index is -0.918. The SMILES string of the molecule is COc1c(OCc2ccccc2)cc2c3c1O[C@H]1[C@@H](O)C=C[C@H]4[C@@H](C2)N(C)CC[C@@]341.O=C(O)c1ccnc2ccccc12. The van der Waals surface area contributed by atoms with E-state index in [0.29, 0.717) is 46.5 Å². The maximum absolute atomic E-state index is 10.8. The van der Waals surface area contributed by atoms with E-state index in [4.69, 9.17) is 19.3 Å². The summed E-state index contributed by atoms with van der Waals surface area (Å²) in [7, 11) is 3.88. The molecule has 1 fully saturated rings. The van der Waals surface area contributed by atoms with Crippen LogP contribution in [0.1, 0.15) is 33.5 Å². The predicted molar refractivity (Wildman–Crippen MR) is 162 cm³/mol. The minimum absolute atomic E-state index is 0.181. The van der Waals surface area contributed by atoms with Gasteiger partial charge < -0.3 is 29.3 Å². The number of benzene rings is 3. The summed E-state index contributed by atoms with van der Waals surface area (Å²) in [5.41, 5.74) is 4.45. The number of aliphatic hydroxyl groups excluding tert-OH is 1. The van der Waals surface area contributed by atoms with Crippen LogP contribution in [-0.4, -0.2) is 65.0 Å². The summed E-state index contributed by atoms with van der Waals surface area (Å²) in [6, 6.07) is 21.4. The fourth-order valence-electron chi connectivity index (χ4n) is 7.60. The van der Waals surface area contributed by atoms with Gasteiger partial charge in [-0.2, -0.15) is 0 Å². The summed E-state index contributed by atoms with van der Waals surface area (Å²) < 4.78 is 18.6. The Morgan fingerprint density at radius 2 is 1.91 bits per heavy atom. The number of ether oxygens (including phenoxy) is 3. The van der Waals surface area contributed by atoms with Gasteiger partial charge in [-0.25, -0.2) is 4.79 Å². The molecule has 5 atom stereocenters. The second-order valence-corrected chi connectivity index (χ2v) is 11.7.